The maximum Gasteiger partial charge on any atom is 0.358 e. The molecule has 0 spiro atoms. The van der Waals surface area contributed by atoms with Crippen LogP contribution in [-0.4, -0.2) is 24.8 Å². The molecule has 4 nitrogen and oxygen atoms in total. The first-order valence-corrected chi connectivity index (χ1v) is 7.17. The van der Waals surface area contributed by atoms with Gasteiger partial charge in [0.2, 0.25) is 0 Å². The Balaban J connectivity index is 2.05. The van der Waals surface area contributed by atoms with Gasteiger partial charge >= 0.3 is 5.97 Å². The molecule has 22 heavy (non-hydrogen) atoms. The van der Waals surface area contributed by atoms with Gasteiger partial charge in [0, 0.05) is 23.1 Å². The summed E-state index contributed by atoms with van der Waals surface area (Å²) in [6.07, 6.45) is 5.61. The number of hydrogen-bond acceptors (Lipinski definition) is 3. The molecule has 0 radical (unpaired) electrons. The van der Waals surface area contributed by atoms with Crippen LogP contribution < -0.4 is 0 Å². The van der Waals surface area contributed by atoms with Crippen molar-refractivity contribution in [2.24, 2.45) is 5.92 Å². The van der Waals surface area contributed by atoms with Crippen LogP contribution in [0.2, 0.25) is 0 Å². The maximum absolute atomic E-state index is 11.9. The normalized spacial score (nSPS) is 14.4. The predicted molar refractivity (Wildman–Crippen MR) is 84.8 cm³/mol. The molecule has 0 atom stereocenters. The Labute approximate surface area is 129 Å². The van der Waals surface area contributed by atoms with Crippen molar-refractivity contribution in [3.63, 3.8) is 0 Å². The quantitative estimate of drug-likeness (QED) is 0.378. The first kappa shape index (κ1) is 14.3. The van der Waals surface area contributed by atoms with E-state index in [-0.39, 0.29) is 0 Å². The lowest BCUT2D eigenvalue weighted by Gasteiger charge is -2.08. The van der Waals surface area contributed by atoms with Gasteiger partial charge in [-0.15, -0.1) is 0 Å². The minimum atomic E-state index is -0.450. The number of esters is 1. The first-order chi connectivity index (χ1) is 10.7. The summed E-state index contributed by atoms with van der Waals surface area (Å²) >= 11 is 0. The summed E-state index contributed by atoms with van der Waals surface area (Å²) in [5.41, 5.74) is 2.17. The number of ether oxygens (including phenoxy) is 2. The molecule has 0 aliphatic heterocycles. The minimum Gasteiger partial charge on any atom is -0.502 e. The van der Waals surface area contributed by atoms with Gasteiger partial charge < -0.3 is 14.0 Å². The van der Waals surface area contributed by atoms with Crippen molar-refractivity contribution < 1.29 is 14.3 Å². The highest BCUT2D eigenvalue weighted by Crippen LogP contribution is 2.28. The molecule has 1 saturated carbocycles. The molecule has 0 amide bonds. The smallest absolute Gasteiger partial charge is 0.358 e. The van der Waals surface area contributed by atoms with Crippen molar-refractivity contribution >= 4 is 22.6 Å². The molecule has 0 bridgehead atoms. The molecule has 1 aromatic carbocycles. The highest BCUT2D eigenvalue weighted by Gasteiger charge is 2.18. The number of fused-ring (bicyclic) bond motifs is 1. The second-order valence-corrected chi connectivity index (χ2v) is 5.23. The van der Waals surface area contributed by atoms with Gasteiger partial charge in [-0.05, 0) is 31.0 Å². The average Bonchev–Trinajstić information content (AvgIpc) is 3.28. The van der Waals surface area contributed by atoms with Gasteiger partial charge in [-0.3, -0.25) is 0 Å². The number of hydrogen-bond donors (Lipinski definition) is 0. The molecule has 1 fully saturated rings. The number of aromatic nitrogens is 1. The van der Waals surface area contributed by atoms with E-state index in [4.69, 9.17) is 9.47 Å². The van der Waals surface area contributed by atoms with E-state index in [1.54, 1.807) is 4.57 Å². The van der Waals surface area contributed by atoms with Gasteiger partial charge in [0.25, 0.3) is 0 Å². The Kier molecular flexibility index (Phi) is 3.88. The second kappa shape index (κ2) is 5.98. The SMILES string of the molecule is CO/C=C(/C(=O)OC)n1ccc2ccc(C#CC3CC3)cc21. The van der Waals surface area contributed by atoms with Gasteiger partial charge in [-0.25, -0.2) is 4.79 Å². The van der Waals surface area contributed by atoms with Gasteiger partial charge in [-0.1, -0.05) is 17.9 Å². The highest BCUT2D eigenvalue weighted by molar-refractivity contribution is 6.11. The maximum atomic E-state index is 11.9. The lowest BCUT2D eigenvalue weighted by atomic mass is 10.1. The Hall–Kier alpha value is -2.67. The summed E-state index contributed by atoms with van der Waals surface area (Å²) in [6.45, 7) is 0. The zero-order valence-corrected chi connectivity index (χ0v) is 12.6. The van der Waals surface area contributed by atoms with Crippen molar-refractivity contribution in [1.29, 1.82) is 0 Å². The van der Waals surface area contributed by atoms with Crippen molar-refractivity contribution in [1.82, 2.24) is 4.57 Å². The average molecular weight is 295 g/mol. The standard InChI is InChI=1S/C18H17NO3/c1-21-12-17(18(20)22-2)19-10-9-15-8-7-14(11-16(15)19)6-5-13-3-4-13/h7-13H,3-4H2,1-2H3/b17-12-. The summed E-state index contributed by atoms with van der Waals surface area (Å²) in [4.78, 5) is 11.9. The highest BCUT2D eigenvalue weighted by atomic mass is 16.5. The van der Waals surface area contributed by atoms with Crippen LogP contribution in [0, 0.1) is 17.8 Å². The monoisotopic (exact) mass is 295 g/mol. The number of benzene rings is 1. The van der Waals surface area contributed by atoms with Crippen LogP contribution in [0.15, 0.2) is 36.7 Å². The largest absolute Gasteiger partial charge is 0.502 e. The van der Waals surface area contributed by atoms with Gasteiger partial charge in [0.1, 0.15) is 6.26 Å². The van der Waals surface area contributed by atoms with Crippen molar-refractivity contribution in [3.05, 3.63) is 42.3 Å². The summed E-state index contributed by atoms with van der Waals surface area (Å²) in [5, 5.41) is 1.03. The molecular weight excluding hydrogens is 278 g/mol. The molecule has 4 heteroatoms. The third-order valence-corrected chi connectivity index (χ3v) is 3.57. The van der Waals surface area contributed by atoms with E-state index in [1.807, 2.05) is 30.5 Å². The number of carbonyl (C=O) groups excluding carboxylic acids is 1. The zero-order chi connectivity index (χ0) is 15.5. The van der Waals surface area contributed by atoms with E-state index in [9.17, 15) is 4.79 Å². The van der Waals surface area contributed by atoms with Crippen LogP contribution >= 0.6 is 0 Å². The summed E-state index contributed by atoms with van der Waals surface area (Å²) < 4.78 is 11.6. The fraction of sp³-hybridized carbons (Fsp3) is 0.278. The zero-order valence-electron chi connectivity index (χ0n) is 12.6. The van der Waals surface area contributed by atoms with Crippen molar-refractivity contribution in [3.8, 4) is 11.8 Å². The molecule has 0 saturated heterocycles. The Morgan fingerprint density at radius 2 is 2.14 bits per heavy atom. The third kappa shape index (κ3) is 2.84. The van der Waals surface area contributed by atoms with Crippen LogP contribution in [-0.2, 0) is 14.3 Å². The summed E-state index contributed by atoms with van der Waals surface area (Å²) in [7, 11) is 2.85. The van der Waals surface area contributed by atoms with E-state index in [2.05, 4.69) is 11.8 Å². The topological polar surface area (TPSA) is 40.5 Å². The van der Waals surface area contributed by atoms with E-state index in [0.717, 1.165) is 16.5 Å². The van der Waals surface area contributed by atoms with E-state index in [0.29, 0.717) is 11.6 Å². The third-order valence-electron chi connectivity index (χ3n) is 3.57. The van der Waals surface area contributed by atoms with Gasteiger partial charge in [0.15, 0.2) is 5.70 Å². The Bertz CT molecular complexity index is 801. The molecular formula is C18H17NO3. The molecule has 1 aliphatic carbocycles. The summed E-state index contributed by atoms with van der Waals surface area (Å²) in [6, 6.07) is 7.93. The van der Waals surface area contributed by atoms with Crippen molar-refractivity contribution in [2.45, 2.75) is 12.8 Å². The Morgan fingerprint density at radius 3 is 2.82 bits per heavy atom. The second-order valence-electron chi connectivity index (χ2n) is 5.23. The summed E-state index contributed by atoms with van der Waals surface area (Å²) in [5.74, 6) is 6.55. The van der Waals surface area contributed by atoms with Gasteiger partial charge in [-0.2, -0.15) is 0 Å². The number of nitrogens with zero attached hydrogens (tertiary/aromatic N) is 1. The molecule has 0 N–H and O–H groups in total. The fourth-order valence-corrected chi connectivity index (χ4v) is 2.25. The number of methoxy groups -OCH3 is 2. The molecule has 1 aliphatic rings. The molecule has 0 unspecified atom stereocenters. The molecule has 1 aromatic heterocycles. The number of carbonyl (C=O) groups is 1. The molecule has 3 rings (SSSR count). The first-order valence-electron chi connectivity index (χ1n) is 7.17. The fourth-order valence-electron chi connectivity index (χ4n) is 2.25. The van der Waals surface area contributed by atoms with E-state index >= 15 is 0 Å². The van der Waals surface area contributed by atoms with Crippen LogP contribution in [0.1, 0.15) is 18.4 Å². The van der Waals surface area contributed by atoms with Crippen LogP contribution in [0.4, 0.5) is 0 Å². The van der Waals surface area contributed by atoms with Crippen LogP contribution in [0.5, 0.6) is 0 Å². The predicted octanol–water partition coefficient (Wildman–Crippen LogP) is 3.02. The Morgan fingerprint density at radius 1 is 1.32 bits per heavy atom. The van der Waals surface area contributed by atoms with Crippen LogP contribution in [0.25, 0.3) is 16.6 Å². The number of rotatable bonds is 3. The molecule has 2 aromatic rings. The lowest BCUT2D eigenvalue weighted by Crippen LogP contribution is -2.10. The molecule has 112 valence electrons. The minimum absolute atomic E-state index is 0.326. The van der Waals surface area contributed by atoms with Gasteiger partial charge in [0.05, 0.1) is 19.7 Å². The molecule has 1 heterocycles. The van der Waals surface area contributed by atoms with Crippen molar-refractivity contribution in [2.75, 3.05) is 14.2 Å². The van der Waals surface area contributed by atoms with Crippen LogP contribution in [0.3, 0.4) is 0 Å². The lowest BCUT2D eigenvalue weighted by molar-refractivity contribution is -0.134. The van der Waals surface area contributed by atoms with E-state index < -0.39 is 5.97 Å². The van der Waals surface area contributed by atoms with E-state index in [1.165, 1.54) is 33.3 Å².